The summed E-state index contributed by atoms with van der Waals surface area (Å²) < 4.78 is 0. The van der Waals surface area contributed by atoms with Gasteiger partial charge in [-0.1, -0.05) is 42.5 Å². The summed E-state index contributed by atoms with van der Waals surface area (Å²) in [7, 11) is 0. The molecule has 0 spiro atoms. The number of hydrogen-bond acceptors (Lipinski definition) is 1. The second kappa shape index (κ2) is 5.28. The normalized spacial score (nSPS) is 13.8. The minimum absolute atomic E-state index is 0.778. The molecule has 1 rings (SSSR count). The van der Waals surface area contributed by atoms with Gasteiger partial charge in [-0.25, -0.2) is 0 Å². The Bertz CT molecular complexity index is 270. The molecule has 0 saturated carbocycles. The first-order valence-corrected chi connectivity index (χ1v) is 4.77. The van der Waals surface area contributed by atoms with Crippen LogP contribution in [0.2, 0.25) is 0 Å². The van der Waals surface area contributed by atoms with Crippen molar-refractivity contribution >= 4 is 29.3 Å². The van der Waals surface area contributed by atoms with Crippen molar-refractivity contribution < 1.29 is 5.11 Å². The van der Waals surface area contributed by atoms with Gasteiger partial charge in [0.25, 0.3) is 0 Å². The smallest absolute Gasteiger partial charge is 0.137 e. The summed E-state index contributed by atoms with van der Waals surface area (Å²) in [5.74, 6) is 0. The molecule has 1 N–H and O–H groups in total. The van der Waals surface area contributed by atoms with Gasteiger partial charge in [-0.3, -0.25) is 0 Å². The molecule has 13 heavy (non-hydrogen) atoms. The monoisotopic (exact) mass is 216 g/mol. The van der Waals surface area contributed by atoms with Gasteiger partial charge in [0.2, 0.25) is 0 Å². The van der Waals surface area contributed by atoms with Gasteiger partial charge < -0.3 is 5.11 Å². The Morgan fingerprint density at radius 2 is 1.77 bits per heavy atom. The highest BCUT2D eigenvalue weighted by atomic mass is 35.5. The molecule has 0 fully saturated rings. The van der Waals surface area contributed by atoms with Crippen molar-refractivity contribution in [3.63, 3.8) is 0 Å². The van der Waals surface area contributed by atoms with Crippen LogP contribution in [0.5, 0.6) is 0 Å². The molecule has 1 atom stereocenters. The Morgan fingerprint density at radius 1 is 1.15 bits per heavy atom. The largest absolute Gasteiger partial charge is 0.386 e. The van der Waals surface area contributed by atoms with Crippen LogP contribution < -0.4 is 0 Å². The summed E-state index contributed by atoms with van der Waals surface area (Å²) in [6.45, 7) is 0. The van der Waals surface area contributed by atoms with E-state index in [9.17, 15) is 5.11 Å². The molecule has 0 radical (unpaired) electrons. The van der Waals surface area contributed by atoms with Crippen LogP contribution in [0.15, 0.2) is 36.4 Å². The van der Waals surface area contributed by atoms with Crippen molar-refractivity contribution in [3.05, 3.63) is 42.0 Å². The van der Waals surface area contributed by atoms with Gasteiger partial charge in [0, 0.05) is 0 Å². The minimum atomic E-state index is -0.816. The topological polar surface area (TPSA) is 20.2 Å². The molecule has 70 valence electrons. The van der Waals surface area contributed by atoms with Crippen LogP contribution in [0.4, 0.5) is 0 Å². The summed E-state index contributed by atoms with van der Waals surface area (Å²) >= 11 is 10.9. The van der Waals surface area contributed by atoms with E-state index in [1.54, 1.807) is 12.2 Å². The van der Waals surface area contributed by atoms with Gasteiger partial charge in [0.15, 0.2) is 0 Å². The molecule has 0 heterocycles. The van der Waals surface area contributed by atoms with Crippen LogP contribution >= 0.6 is 23.2 Å². The molecule has 0 saturated heterocycles. The maximum Gasteiger partial charge on any atom is 0.137 e. The predicted molar refractivity (Wildman–Crippen MR) is 57.0 cm³/mol. The van der Waals surface area contributed by atoms with Gasteiger partial charge >= 0.3 is 0 Å². The lowest BCUT2D eigenvalue weighted by Crippen LogP contribution is -2.11. The first kappa shape index (κ1) is 10.6. The number of alkyl halides is 2. The van der Waals surface area contributed by atoms with E-state index in [-0.39, 0.29) is 0 Å². The molecule has 1 aromatic carbocycles. The van der Waals surface area contributed by atoms with E-state index in [0.717, 1.165) is 5.56 Å². The zero-order valence-electron chi connectivity index (χ0n) is 6.90. The molecule has 0 amide bonds. The van der Waals surface area contributed by atoms with E-state index >= 15 is 0 Å². The maximum atomic E-state index is 9.24. The third-order valence-corrected chi connectivity index (χ3v) is 2.06. The molecular formula is C10H10Cl2O. The lowest BCUT2D eigenvalue weighted by Gasteiger charge is -2.04. The van der Waals surface area contributed by atoms with E-state index in [2.05, 4.69) is 0 Å². The number of halogens is 2. The molecular weight excluding hydrogens is 207 g/mol. The molecule has 1 nitrogen and oxygen atoms in total. The summed E-state index contributed by atoms with van der Waals surface area (Å²) in [4.78, 5) is -0.778. The Balaban J connectivity index is 2.59. The van der Waals surface area contributed by atoms with Crippen LogP contribution in [0.3, 0.4) is 0 Å². The molecule has 0 aliphatic carbocycles. The zero-order valence-corrected chi connectivity index (χ0v) is 8.41. The van der Waals surface area contributed by atoms with E-state index in [0.29, 0.717) is 0 Å². The highest BCUT2D eigenvalue weighted by molar-refractivity contribution is 6.44. The molecule has 0 aliphatic heterocycles. The SMILES string of the molecule is O[C@@H](/C=C/c1ccccc1)C(Cl)Cl. The van der Waals surface area contributed by atoms with Gasteiger partial charge in [-0.15, -0.1) is 23.2 Å². The Labute approximate surface area is 87.6 Å². The summed E-state index contributed by atoms with van der Waals surface area (Å²) in [5.41, 5.74) is 1.01. The third kappa shape index (κ3) is 3.81. The fourth-order valence-electron chi connectivity index (χ4n) is 0.858. The fourth-order valence-corrected chi connectivity index (χ4v) is 1.03. The molecule has 0 aromatic heterocycles. The fraction of sp³-hybridized carbons (Fsp3) is 0.200. The van der Waals surface area contributed by atoms with Gasteiger partial charge in [-0.2, -0.15) is 0 Å². The number of hydrogen-bond donors (Lipinski definition) is 1. The van der Waals surface area contributed by atoms with E-state index in [1.807, 2.05) is 30.3 Å². The van der Waals surface area contributed by atoms with Crippen LogP contribution in [0, 0.1) is 0 Å². The van der Waals surface area contributed by atoms with Crippen molar-refractivity contribution in [2.75, 3.05) is 0 Å². The molecule has 3 heteroatoms. The van der Waals surface area contributed by atoms with Crippen LogP contribution in [0.1, 0.15) is 5.56 Å². The first-order valence-electron chi connectivity index (χ1n) is 3.89. The van der Waals surface area contributed by atoms with Gasteiger partial charge in [0.05, 0.1) is 0 Å². The zero-order chi connectivity index (χ0) is 9.68. The standard InChI is InChI=1S/C10H10Cl2O/c11-10(12)9(13)7-6-8-4-2-1-3-5-8/h1-7,9-10,13H/b7-6+/t9-/m0/s1. The number of rotatable bonds is 3. The maximum absolute atomic E-state index is 9.24. The summed E-state index contributed by atoms with van der Waals surface area (Å²) in [5, 5.41) is 9.24. The lowest BCUT2D eigenvalue weighted by atomic mass is 10.2. The highest BCUT2D eigenvalue weighted by Gasteiger charge is 2.07. The minimum Gasteiger partial charge on any atom is -0.386 e. The highest BCUT2D eigenvalue weighted by Crippen LogP contribution is 2.10. The van der Waals surface area contributed by atoms with Gasteiger partial charge in [-0.05, 0) is 5.56 Å². The lowest BCUT2D eigenvalue weighted by molar-refractivity contribution is 0.238. The average molecular weight is 217 g/mol. The van der Waals surface area contributed by atoms with Gasteiger partial charge in [0.1, 0.15) is 10.9 Å². The Kier molecular flexibility index (Phi) is 4.29. The first-order chi connectivity index (χ1) is 6.20. The van der Waals surface area contributed by atoms with Crippen molar-refractivity contribution in [2.24, 2.45) is 0 Å². The summed E-state index contributed by atoms with van der Waals surface area (Å²) in [6.07, 6.45) is 2.53. The van der Waals surface area contributed by atoms with E-state index < -0.39 is 10.9 Å². The van der Waals surface area contributed by atoms with Crippen LogP contribution in [-0.4, -0.2) is 16.0 Å². The van der Waals surface area contributed by atoms with Crippen molar-refractivity contribution in [3.8, 4) is 0 Å². The van der Waals surface area contributed by atoms with Crippen molar-refractivity contribution in [1.82, 2.24) is 0 Å². The van der Waals surface area contributed by atoms with E-state index in [1.165, 1.54) is 0 Å². The second-order valence-electron chi connectivity index (χ2n) is 2.59. The Morgan fingerprint density at radius 3 is 2.31 bits per heavy atom. The number of aliphatic hydroxyl groups excluding tert-OH is 1. The number of aliphatic hydroxyl groups is 1. The average Bonchev–Trinajstić information content (AvgIpc) is 2.15. The third-order valence-electron chi connectivity index (χ3n) is 1.54. The van der Waals surface area contributed by atoms with E-state index in [4.69, 9.17) is 23.2 Å². The second-order valence-corrected chi connectivity index (χ2v) is 3.76. The molecule has 1 aromatic rings. The molecule has 0 aliphatic rings. The van der Waals surface area contributed by atoms with Crippen molar-refractivity contribution in [2.45, 2.75) is 10.9 Å². The Hall–Kier alpha value is -0.500. The molecule has 0 unspecified atom stereocenters. The number of benzene rings is 1. The van der Waals surface area contributed by atoms with Crippen LogP contribution in [0.25, 0.3) is 6.08 Å². The summed E-state index contributed by atoms with van der Waals surface area (Å²) in [6, 6.07) is 9.64. The molecule has 0 bridgehead atoms. The van der Waals surface area contributed by atoms with Crippen LogP contribution in [-0.2, 0) is 0 Å². The quantitative estimate of drug-likeness (QED) is 0.771. The predicted octanol–water partition coefficient (Wildman–Crippen LogP) is 2.86. The van der Waals surface area contributed by atoms with Crippen molar-refractivity contribution in [1.29, 1.82) is 0 Å².